The van der Waals surface area contributed by atoms with Gasteiger partial charge < -0.3 is 40.6 Å². The molecule has 5 N–H and O–H groups in total. The standard InChI is InChI=1S/C20H40N4O6/c1-17-18(24-20(26)23-17)5-3-2-4-6-19(25)22-8-10-28-12-14-30-16-15-29-13-11-27-9-7-21/h17-18H,2-16,21H2,1H3,(H,22,25)(H2,23,24,26)/t17-,18+/m0/s1. The van der Waals surface area contributed by atoms with E-state index in [2.05, 4.69) is 16.0 Å². The van der Waals surface area contributed by atoms with Crippen LogP contribution in [0.25, 0.3) is 0 Å². The lowest BCUT2D eigenvalue weighted by molar-refractivity contribution is -0.121. The highest BCUT2D eigenvalue weighted by Gasteiger charge is 2.26. The summed E-state index contributed by atoms with van der Waals surface area (Å²) in [5.74, 6) is 0.0478. The highest BCUT2D eigenvalue weighted by Crippen LogP contribution is 2.11. The fourth-order valence-corrected chi connectivity index (χ4v) is 2.99. The van der Waals surface area contributed by atoms with Crippen molar-refractivity contribution in [3.05, 3.63) is 0 Å². The first-order valence-electron chi connectivity index (χ1n) is 11.0. The fourth-order valence-electron chi connectivity index (χ4n) is 2.99. The molecule has 1 fully saturated rings. The normalized spacial score (nSPS) is 18.3. The van der Waals surface area contributed by atoms with Crippen LogP contribution in [0.5, 0.6) is 0 Å². The molecule has 0 aromatic rings. The highest BCUT2D eigenvalue weighted by atomic mass is 16.6. The van der Waals surface area contributed by atoms with E-state index in [0.29, 0.717) is 72.4 Å². The first-order chi connectivity index (χ1) is 14.6. The fraction of sp³-hybridized carbons (Fsp3) is 0.900. The lowest BCUT2D eigenvalue weighted by atomic mass is 10.0. The Morgan fingerprint density at radius 3 is 2.07 bits per heavy atom. The molecule has 1 rings (SSSR count). The Morgan fingerprint density at radius 2 is 1.50 bits per heavy atom. The van der Waals surface area contributed by atoms with E-state index >= 15 is 0 Å². The van der Waals surface area contributed by atoms with E-state index in [1.165, 1.54) is 0 Å². The van der Waals surface area contributed by atoms with Crippen molar-refractivity contribution in [1.29, 1.82) is 0 Å². The molecular formula is C20H40N4O6. The van der Waals surface area contributed by atoms with Crippen molar-refractivity contribution in [2.75, 3.05) is 65.9 Å². The van der Waals surface area contributed by atoms with Gasteiger partial charge in [0.15, 0.2) is 0 Å². The number of hydrogen-bond donors (Lipinski definition) is 4. The third-order valence-corrected chi connectivity index (χ3v) is 4.64. The van der Waals surface area contributed by atoms with E-state index in [9.17, 15) is 9.59 Å². The summed E-state index contributed by atoms with van der Waals surface area (Å²) in [5, 5.41) is 8.60. The van der Waals surface area contributed by atoms with Crippen LogP contribution in [0.4, 0.5) is 4.79 Å². The van der Waals surface area contributed by atoms with Crippen molar-refractivity contribution in [1.82, 2.24) is 16.0 Å². The second-order valence-corrected chi connectivity index (χ2v) is 7.20. The first kappa shape index (κ1) is 26.6. The second-order valence-electron chi connectivity index (χ2n) is 7.20. The average molecular weight is 433 g/mol. The molecule has 2 atom stereocenters. The first-order valence-corrected chi connectivity index (χ1v) is 11.0. The molecule has 30 heavy (non-hydrogen) atoms. The SMILES string of the molecule is C[C@@H]1NC(=O)N[C@@H]1CCCCCC(=O)NCCOCCOCCOCCOCCN. The van der Waals surface area contributed by atoms with Gasteiger partial charge in [0, 0.05) is 25.6 Å². The van der Waals surface area contributed by atoms with Crippen LogP contribution in [-0.2, 0) is 23.7 Å². The molecule has 0 bridgehead atoms. The van der Waals surface area contributed by atoms with Gasteiger partial charge in [-0.3, -0.25) is 4.79 Å². The van der Waals surface area contributed by atoms with Crippen molar-refractivity contribution in [2.45, 2.75) is 51.1 Å². The molecule has 0 aromatic heterocycles. The maximum absolute atomic E-state index is 11.8. The molecule has 0 unspecified atom stereocenters. The summed E-state index contributed by atoms with van der Waals surface area (Å²) < 4.78 is 21.3. The Morgan fingerprint density at radius 1 is 0.900 bits per heavy atom. The van der Waals surface area contributed by atoms with Gasteiger partial charge in [-0.2, -0.15) is 0 Å². The number of hydrogen-bond acceptors (Lipinski definition) is 7. The van der Waals surface area contributed by atoms with Crippen LogP contribution >= 0.6 is 0 Å². The topological polar surface area (TPSA) is 133 Å². The number of nitrogens with one attached hydrogen (secondary N) is 3. The Hall–Kier alpha value is -1.46. The summed E-state index contributed by atoms with van der Waals surface area (Å²) in [5.41, 5.74) is 5.31. The quantitative estimate of drug-likeness (QED) is 0.201. The summed E-state index contributed by atoms with van der Waals surface area (Å²) in [4.78, 5) is 23.0. The van der Waals surface area contributed by atoms with E-state index in [0.717, 1.165) is 25.7 Å². The number of nitrogens with two attached hydrogens (primary N) is 1. The van der Waals surface area contributed by atoms with E-state index in [1.54, 1.807) is 0 Å². The van der Waals surface area contributed by atoms with Crippen molar-refractivity contribution in [3.8, 4) is 0 Å². The van der Waals surface area contributed by atoms with Crippen LogP contribution in [0.2, 0.25) is 0 Å². The van der Waals surface area contributed by atoms with Gasteiger partial charge >= 0.3 is 6.03 Å². The van der Waals surface area contributed by atoms with E-state index < -0.39 is 0 Å². The lowest BCUT2D eigenvalue weighted by Crippen LogP contribution is -2.30. The molecule has 0 aliphatic carbocycles. The molecule has 0 saturated carbocycles. The molecule has 1 saturated heterocycles. The summed E-state index contributed by atoms with van der Waals surface area (Å²) in [7, 11) is 0. The predicted molar refractivity (Wildman–Crippen MR) is 113 cm³/mol. The van der Waals surface area contributed by atoms with Gasteiger partial charge in [-0.15, -0.1) is 0 Å². The maximum Gasteiger partial charge on any atom is 0.315 e. The molecule has 1 aliphatic rings. The van der Waals surface area contributed by atoms with Crippen LogP contribution in [-0.4, -0.2) is 90.0 Å². The van der Waals surface area contributed by atoms with Crippen LogP contribution < -0.4 is 21.7 Å². The average Bonchev–Trinajstić information content (AvgIpc) is 3.05. The minimum absolute atomic E-state index is 0.0478. The molecule has 1 heterocycles. The minimum Gasteiger partial charge on any atom is -0.378 e. The molecule has 3 amide bonds. The minimum atomic E-state index is -0.0880. The number of carbonyl (C=O) groups excluding carboxylic acids is 2. The summed E-state index contributed by atoms with van der Waals surface area (Å²) >= 11 is 0. The highest BCUT2D eigenvalue weighted by molar-refractivity contribution is 5.77. The van der Waals surface area contributed by atoms with Gasteiger partial charge in [-0.1, -0.05) is 12.8 Å². The van der Waals surface area contributed by atoms with Crippen molar-refractivity contribution in [3.63, 3.8) is 0 Å². The third kappa shape index (κ3) is 14.5. The molecule has 0 spiro atoms. The van der Waals surface area contributed by atoms with Gasteiger partial charge in [0.25, 0.3) is 0 Å². The van der Waals surface area contributed by atoms with Crippen molar-refractivity contribution in [2.24, 2.45) is 5.73 Å². The predicted octanol–water partition coefficient (Wildman–Crippen LogP) is 0.148. The van der Waals surface area contributed by atoms with Gasteiger partial charge in [0.05, 0.1) is 58.9 Å². The third-order valence-electron chi connectivity index (χ3n) is 4.64. The van der Waals surface area contributed by atoms with Gasteiger partial charge in [-0.25, -0.2) is 4.79 Å². The largest absolute Gasteiger partial charge is 0.378 e. The number of amides is 3. The van der Waals surface area contributed by atoms with Gasteiger partial charge in [0.1, 0.15) is 0 Å². The number of rotatable bonds is 20. The number of urea groups is 1. The second kappa shape index (κ2) is 18.3. The Labute approximate surface area is 179 Å². The lowest BCUT2D eigenvalue weighted by Gasteiger charge is -2.13. The molecule has 10 heteroatoms. The number of carbonyl (C=O) groups is 2. The summed E-state index contributed by atoms with van der Waals surface area (Å²) in [6, 6.07) is 0.280. The smallest absolute Gasteiger partial charge is 0.315 e. The summed E-state index contributed by atoms with van der Waals surface area (Å²) in [6.07, 6.45) is 4.29. The molecule has 176 valence electrons. The Kier molecular flexibility index (Phi) is 16.2. The van der Waals surface area contributed by atoms with Crippen LogP contribution in [0, 0.1) is 0 Å². The zero-order chi connectivity index (χ0) is 21.9. The van der Waals surface area contributed by atoms with Gasteiger partial charge in [0.2, 0.25) is 5.91 Å². The zero-order valence-electron chi connectivity index (χ0n) is 18.3. The van der Waals surface area contributed by atoms with Crippen LogP contribution in [0.3, 0.4) is 0 Å². The Balaban J connectivity index is 1.76. The van der Waals surface area contributed by atoms with Crippen molar-refractivity contribution >= 4 is 11.9 Å². The molecule has 0 radical (unpaired) electrons. The van der Waals surface area contributed by atoms with E-state index in [-0.39, 0.29) is 24.0 Å². The molecule has 0 aromatic carbocycles. The molecular weight excluding hydrogens is 392 g/mol. The van der Waals surface area contributed by atoms with Gasteiger partial charge in [-0.05, 0) is 19.8 Å². The number of ether oxygens (including phenoxy) is 4. The Bertz CT molecular complexity index is 455. The molecule has 10 nitrogen and oxygen atoms in total. The van der Waals surface area contributed by atoms with Crippen molar-refractivity contribution < 1.29 is 28.5 Å². The monoisotopic (exact) mass is 432 g/mol. The van der Waals surface area contributed by atoms with E-state index in [1.807, 2.05) is 6.92 Å². The van der Waals surface area contributed by atoms with E-state index in [4.69, 9.17) is 24.7 Å². The zero-order valence-corrected chi connectivity index (χ0v) is 18.3. The summed E-state index contributed by atoms with van der Waals surface area (Å²) in [6.45, 7) is 7.15. The maximum atomic E-state index is 11.8. The molecule has 1 aliphatic heterocycles. The van der Waals surface area contributed by atoms with Crippen LogP contribution in [0.15, 0.2) is 0 Å². The number of unbranched alkanes of at least 4 members (excludes halogenated alkanes) is 2. The van der Waals surface area contributed by atoms with Crippen LogP contribution in [0.1, 0.15) is 39.0 Å².